The average Bonchev–Trinajstić information content (AvgIpc) is 2.31. The standard InChI is InChI=1S/C13H23NO2/c15-12-6-8-14(9-7-12)13(16)10-11-4-2-1-3-5-11/h11-12,15H,1-10H2. The molecule has 0 radical (unpaired) electrons. The zero-order chi connectivity index (χ0) is 11.4. The number of likely N-dealkylation sites (tertiary alicyclic amines) is 1. The van der Waals surface area contributed by atoms with Crippen LogP contribution < -0.4 is 0 Å². The summed E-state index contributed by atoms with van der Waals surface area (Å²) in [5.74, 6) is 0.951. The third kappa shape index (κ3) is 3.21. The molecular formula is C13H23NO2. The highest BCUT2D eigenvalue weighted by molar-refractivity contribution is 5.76. The molecule has 92 valence electrons. The Morgan fingerprint density at radius 3 is 2.31 bits per heavy atom. The van der Waals surface area contributed by atoms with Gasteiger partial charge in [0.25, 0.3) is 0 Å². The summed E-state index contributed by atoms with van der Waals surface area (Å²) in [6.07, 6.45) is 8.51. The lowest BCUT2D eigenvalue weighted by Crippen LogP contribution is -2.40. The van der Waals surface area contributed by atoms with Crippen LogP contribution in [-0.2, 0) is 4.79 Å². The number of amides is 1. The van der Waals surface area contributed by atoms with Crippen LogP contribution in [0.1, 0.15) is 51.4 Å². The van der Waals surface area contributed by atoms with Gasteiger partial charge in [-0.1, -0.05) is 19.3 Å². The topological polar surface area (TPSA) is 40.5 Å². The van der Waals surface area contributed by atoms with Crippen molar-refractivity contribution in [2.45, 2.75) is 57.5 Å². The molecule has 1 heterocycles. The smallest absolute Gasteiger partial charge is 0.222 e. The van der Waals surface area contributed by atoms with E-state index in [-0.39, 0.29) is 6.10 Å². The number of aliphatic hydroxyl groups excluding tert-OH is 1. The van der Waals surface area contributed by atoms with E-state index in [2.05, 4.69) is 0 Å². The first-order valence-electron chi connectivity index (χ1n) is 6.71. The number of carbonyl (C=O) groups excluding carboxylic acids is 1. The van der Waals surface area contributed by atoms with Gasteiger partial charge in [-0.2, -0.15) is 0 Å². The summed E-state index contributed by atoms with van der Waals surface area (Å²) in [6, 6.07) is 0. The van der Waals surface area contributed by atoms with Gasteiger partial charge in [0.2, 0.25) is 5.91 Å². The third-order valence-electron chi connectivity index (χ3n) is 4.01. The summed E-state index contributed by atoms with van der Waals surface area (Å²) in [7, 11) is 0. The summed E-state index contributed by atoms with van der Waals surface area (Å²) >= 11 is 0. The van der Waals surface area contributed by atoms with Gasteiger partial charge in [-0.3, -0.25) is 4.79 Å². The van der Waals surface area contributed by atoms with Crippen molar-refractivity contribution in [2.24, 2.45) is 5.92 Å². The summed E-state index contributed by atoms with van der Waals surface area (Å²) in [5, 5.41) is 9.39. The van der Waals surface area contributed by atoms with Crippen molar-refractivity contribution in [3.05, 3.63) is 0 Å². The highest BCUT2D eigenvalue weighted by Crippen LogP contribution is 2.27. The summed E-state index contributed by atoms with van der Waals surface area (Å²) in [5.41, 5.74) is 0. The van der Waals surface area contributed by atoms with Crippen molar-refractivity contribution in [3.8, 4) is 0 Å². The lowest BCUT2D eigenvalue weighted by molar-refractivity contribution is -0.134. The number of aliphatic hydroxyl groups is 1. The maximum absolute atomic E-state index is 12.0. The Balaban J connectivity index is 1.74. The van der Waals surface area contributed by atoms with Crippen LogP contribution in [0.5, 0.6) is 0 Å². The van der Waals surface area contributed by atoms with Crippen LogP contribution in [0.15, 0.2) is 0 Å². The minimum atomic E-state index is -0.182. The van der Waals surface area contributed by atoms with Crippen LogP contribution in [-0.4, -0.2) is 35.1 Å². The number of hydrogen-bond donors (Lipinski definition) is 1. The molecule has 2 fully saturated rings. The molecule has 0 spiro atoms. The van der Waals surface area contributed by atoms with Crippen LogP contribution >= 0.6 is 0 Å². The first kappa shape index (κ1) is 11.9. The molecule has 2 rings (SSSR count). The zero-order valence-corrected chi connectivity index (χ0v) is 10.0. The van der Waals surface area contributed by atoms with Crippen molar-refractivity contribution in [1.82, 2.24) is 4.90 Å². The van der Waals surface area contributed by atoms with Crippen molar-refractivity contribution < 1.29 is 9.90 Å². The minimum absolute atomic E-state index is 0.182. The first-order valence-corrected chi connectivity index (χ1v) is 6.71. The predicted molar refractivity (Wildman–Crippen MR) is 63.0 cm³/mol. The molecule has 1 amide bonds. The number of rotatable bonds is 2. The number of piperidine rings is 1. The lowest BCUT2D eigenvalue weighted by atomic mass is 9.86. The molecule has 1 saturated carbocycles. The average molecular weight is 225 g/mol. The fourth-order valence-electron chi connectivity index (χ4n) is 2.88. The van der Waals surface area contributed by atoms with Gasteiger partial charge in [0.15, 0.2) is 0 Å². The minimum Gasteiger partial charge on any atom is -0.393 e. The van der Waals surface area contributed by atoms with E-state index in [1.165, 1.54) is 32.1 Å². The largest absolute Gasteiger partial charge is 0.393 e. The second-order valence-corrected chi connectivity index (χ2v) is 5.32. The Morgan fingerprint density at radius 1 is 1.06 bits per heavy atom. The monoisotopic (exact) mass is 225 g/mol. The first-order chi connectivity index (χ1) is 7.75. The predicted octanol–water partition coefficient (Wildman–Crippen LogP) is 1.94. The van der Waals surface area contributed by atoms with Gasteiger partial charge in [0, 0.05) is 19.5 Å². The Kier molecular flexibility index (Phi) is 4.22. The van der Waals surface area contributed by atoms with Crippen molar-refractivity contribution >= 4 is 5.91 Å². The Morgan fingerprint density at radius 2 is 1.69 bits per heavy atom. The highest BCUT2D eigenvalue weighted by Gasteiger charge is 2.24. The normalized spacial score (nSPS) is 24.7. The van der Waals surface area contributed by atoms with Crippen molar-refractivity contribution in [1.29, 1.82) is 0 Å². The fourth-order valence-corrected chi connectivity index (χ4v) is 2.88. The maximum Gasteiger partial charge on any atom is 0.222 e. The van der Waals surface area contributed by atoms with E-state index in [1.54, 1.807) is 0 Å². The second kappa shape index (κ2) is 5.67. The van der Waals surface area contributed by atoms with Gasteiger partial charge >= 0.3 is 0 Å². The molecule has 2 aliphatic rings. The van der Waals surface area contributed by atoms with E-state index < -0.39 is 0 Å². The molecule has 0 aromatic heterocycles. The summed E-state index contributed by atoms with van der Waals surface area (Å²) < 4.78 is 0. The van der Waals surface area contributed by atoms with Gasteiger partial charge in [-0.05, 0) is 31.6 Å². The molecule has 1 N–H and O–H groups in total. The van der Waals surface area contributed by atoms with Crippen LogP contribution in [0.3, 0.4) is 0 Å². The Hall–Kier alpha value is -0.570. The van der Waals surface area contributed by atoms with E-state index in [0.717, 1.165) is 32.4 Å². The maximum atomic E-state index is 12.0. The Bertz CT molecular complexity index is 228. The fraction of sp³-hybridized carbons (Fsp3) is 0.923. The van der Waals surface area contributed by atoms with E-state index in [1.807, 2.05) is 4.90 Å². The molecule has 1 saturated heterocycles. The molecule has 3 heteroatoms. The quantitative estimate of drug-likeness (QED) is 0.780. The van der Waals surface area contributed by atoms with Gasteiger partial charge in [0.05, 0.1) is 6.10 Å². The van der Waals surface area contributed by atoms with E-state index in [9.17, 15) is 9.90 Å². The zero-order valence-electron chi connectivity index (χ0n) is 10.0. The molecule has 0 bridgehead atoms. The molecule has 0 aromatic rings. The van der Waals surface area contributed by atoms with Gasteiger partial charge in [-0.15, -0.1) is 0 Å². The Labute approximate surface area is 97.8 Å². The van der Waals surface area contributed by atoms with E-state index in [4.69, 9.17) is 0 Å². The van der Waals surface area contributed by atoms with Crippen LogP contribution in [0.4, 0.5) is 0 Å². The van der Waals surface area contributed by atoms with Crippen LogP contribution in [0.2, 0.25) is 0 Å². The van der Waals surface area contributed by atoms with Crippen molar-refractivity contribution in [2.75, 3.05) is 13.1 Å². The third-order valence-corrected chi connectivity index (χ3v) is 4.01. The summed E-state index contributed by atoms with van der Waals surface area (Å²) in [6.45, 7) is 1.51. The van der Waals surface area contributed by atoms with E-state index >= 15 is 0 Å². The molecule has 3 nitrogen and oxygen atoms in total. The molecule has 0 aromatic carbocycles. The highest BCUT2D eigenvalue weighted by atomic mass is 16.3. The molecule has 16 heavy (non-hydrogen) atoms. The summed E-state index contributed by atoms with van der Waals surface area (Å²) in [4.78, 5) is 14.0. The number of nitrogens with zero attached hydrogens (tertiary/aromatic N) is 1. The molecular weight excluding hydrogens is 202 g/mol. The second-order valence-electron chi connectivity index (χ2n) is 5.32. The van der Waals surface area contributed by atoms with Gasteiger partial charge in [0.1, 0.15) is 0 Å². The van der Waals surface area contributed by atoms with Crippen LogP contribution in [0, 0.1) is 5.92 Å². The SMILES string of the molecule is O=C(CC1CCCCC1)N1CCC(O)CC1. The van der Waals surface area contributed by atoms with Gasteiger partial charge < -0.3 is 10.0 Å². The molecule has 1 aliphatic heterocycles. The lowest BCUT2D eigenvalue weighted by Gasteiger charge is -2.31. The molecule has 1 aliphatic carbocycles. The van der Waals surface area contributed by atoms with Gasteiger partial charge in [-0.25, -0.2) is 0 Å². The molecule has 0 atom stereocenters. The molecule has 0 unspecified atom stereocenters. The van der Waals surface area contributed by atoms with Crippen LogP contribution in [0.25, 0.3) is 0 Å². The number of hydrogen-bond acceptors (Lipinski definition) is 2. The van der Waals surface area contributed by atoms with Crippen molar-refractivity contribution in [3.63, 3.8) is 0 Å². The van der Waals surface area contributed by atoms with E-state index in [0.29, 0.717) is 11.8 Å². The number of carbonyl (C=O) groups is 1.